The number of benzene rings is 2. The minimum Gasteiger partial charge on any atom is -0.508 e. The van der Waals surface area contributed by atoms with E-state index in [1.54, 1.807) is 42.5 Å². The molecule has 2 heterocycles. The van der Waals surface area contributed by atoms with Gasteiger partial charge in [0.05, 0.1) is 4.88 Å². The number of carbonyl (C=O) groups excluding carboxylic acids is 1. The molecule has 0 saturated heterocycles. The van der Waals surface area contributed by atoms with Crippen LogP contribution in [0.15, 0.2) is 86.8 Å². The Hall–Kier alpha value is -2.54. The second kappa shape index (κ2) is 7.83. The topological polar surface area (TPSA) is 57.5 Å². The molecule has 0 saturated carbocycles. The van der Waals surface area contributed by atoms with Gasteiger partial charge in [0.25, 0.3) is 0 Å². The lowest BCUT2D eigenvalue weighted by atomic mass is 10.3. The van der Waals surface area contributed by atoms with E-state index < -0.39 is 0 Å². The second-order valence-corrected chi connectivity index (χ2v) is 10.6. The first-order valence-corrected chi connectivity index (χ1v) is 11.4. The van der Waals surface area contributed by atoms with E-state index in [4.69, 9.17) is 0 Å². The van der Waals surface area contributed by atoms with E-state index in [0.29, 0.717) is 0 Å². The van der Waals surface area contributed by atoms with Gasteiger partial charge in [-0.1, -0.05) is 11.3 Å². The van der Waals surface area contributed by atoms with Crippen molar-refractivity contribution in [3.8, 4) is 21.3 Å². The largest absolute Gasteiger partial charge is 0.508 e. The van der Waals surface area contributed by atoms with Crippen LogP contribution in [0.3, 0.4) is 0 Å². The fourth-order valence-corrected chi connectivity index (χ4v) is 7.42. The molecule has 2 N–H and O–H groups in total. The smallest absolute Gasteiger partial charge is 0.220 e. The molecular weight excluding hydrogens is 408 g/mol. The first-order chi connectivity index (χ1) is 13.5. The van der Waals surface area contributed by atoms with Crippen LogP contribution in [0.2, 0.25) is 0 Å². The monoisotopic (exact) mass is 425 g/mol. The van der Waals surface area contributed by atoms with Crippen molar-refractivity contribution in [1.82, 2.24) is 0 Å². The lowest BCUT2D eigenvalue weighted by molar-refractivity contribution is 0.102. The van der Waals surface area contributed by atoms with Crippen LogP contribution in [0.4, 0.5) is 0 Å². The highest BCUT2D eigenvalue weighted by molar-refractivity contribution is 7.99. The highest BCUT2D eigenvalue weighted by Gasteiger charge is 2.31. The van der Waals surface area contributed by atoms with Gasteiger partial charge in [-0.2, -0.15) is 0 Å². The van der Waals surface area contributed by atoms with Crippen LogP contribution in [-0.4, -0.2) is 16.0 Å². The third kappa shape index (κ3) is 3.85. The number of phenolic OH excluding ortho intramolecular Hbond substituents is 2. The van der Waals surface area contributed by atoms with Gasteiger partial charge in [-0.3, -0.25) is 4.79 Å². The summed E-state index contributed by atoms with van der Waals surface area (Å²) in [4.78, 5) is 16.8. The van der Waals surface area contributed by atoms with E-state index >= 15 is 0 Å². The maximum Gasteiger partial charge on any atom is 0.220 e. The summed E-state index contributed by atoms with van der Waals surface area (Å²) in [5.41, 5.74) is 0. The van der Waals surface area contributed by atoms with E-state index in [2.05, 4.69) is 12.1 Å². The Balaban J connectivity index is 1.76. The fraction of sp³-hybridized carbons (Fsp3) is 0.0455. The summed E-state index contributed by atoms with van der Waals surface area (Å²) < 4.78 is 1.18. The Labute approximate surface area is 173 Å². The van der Waals surface area contributed by atoms with Gasteiger partial charge in [-0.15, -0.1) is 11.3 Å². The Kier molecular flexibility index (Phi) is 5.26. The maximum absolute atomic E-state index is 11.6. The molecule has 0 spiro atoms. The molecule has 4 aromatic rings. The molecule has 0 unspecified atom stereocenters. The molecule has 6 heteroatoms. The Morgan fingerprint density at radius 1 is 0.714 bits per heavy atom. The summed E-state index contributed by atoms with van der Waals surface area (Å²) >= 11 is 3.22. The van der Waals surface area contributed by atoms with Crippen LogP contribution >= 0.6 is 22.7 Å². The fourth-order valence-electron chi connectivity index (χ4n) is 2.75. The summed E-state index contributed by atoms with van der Waals surface area (Å²) in [7, 11) is -0.352. The van der Waals surface area contributed by atoms with Crippen LogP contribution in [0, 0.1) is 0 Å². The number of phenols is 2. The highest BCUT2D eigenvalue weighted by Crippen LogP contribution is 2.41. The van der Waals surface area contributed by atoms with Gasteiger partial charge >= 0.3 is 0 Å². The van der Waals surface area contributed by atoms with Gasteiger partial charge in [-0.25, -0.2) is 0 Å². The molecule has 2 aromatic carbocycles. The molecule has 3 nitrogen and oxygen atoms in total. The third-order valence-corrected chi connectivity index (χ3v) is 9.16. The Morgan fingerprint density at radius 2 is 1.21 bits per heavy atom. The molecule has 0 aliphatic carbocycles. The summed E-state index contributed by atoms with van der Waals surface area (Å²) in [6.45, 7) is 1.59. The lowest BCUT2D eigenvalue weighted by Gasteiger charge is -2.06. The molecule has 0 amide bonds. The van der Waals surface area contributed by atoms with Crippen molar-refractivity contribution in [2.24, 2.45) is 0 Å². The number of aromatic hydroxyl groups is 2. The number of rotatable bonds is 5. The molecule has 140 valence electrons. The van der Waals surface area contributed by atoms with Crippen LogP contribution in [0.1, 0.15) is 16.6 Å². The summed E-state index contributed by atoms with van der Waals surface area (Å²) in [5, 5.41) is 19.3. The third-order valence-electron chi connectivity index (χ3n) is 4.12. The standard InChI is InChI=1S/C22H16O3S3/c1-14(23)19-10-11-20(26-19)21-12-13-22(27-21)28(17-6-2-15(24)3-7-17)18-8-4-16(25)5-9-18/h2-13H,1H3,(H-,24,25)/p+1. The van der Waals surface area contributed by atoms with Crippen LogP contribution in [0.5, 0.6) is 11.5 Å². The van der Waals surface area contributed by atoms with E-state index in [1.807, 2.05) is 36.4 Å². The van der Waals surface area contributed by atoms with Gasteiger partial charge in [0.15, 0.2) is 15.6 Å². The molecule has 0 aliphatic heterocycles. The van der Waals surface area contributed by atoms with Crippen molar-refractivity contribution in [3.05, 3.63) is 77.7 Å². The Bertz CT molecular complexity index is 1060. The number of Topliss-reactive ketones (excluding diaryl/α,β-unsaturated/α-hetero) is 1. The minimum atomic E-state index is -0.352. The second-order valence-electron chi connectivity index (χ2n) is 6.13. The molecule has 0 aliphatic rings. The predicted octanol–water partition coefficient (Wildman–Crippen LogP) is 6.19. The molecule has 0 bridgehead atoms. The zero-order valence-corrected chi connectivity index (χ0v) is 17.4. The average Bonchev–Trinajstić information content (AvgIpc) is 3.35. The van der Waals surface area contributed by atoms with E-state index in [1.165, 1.54) is 15.5 Å². The average molecular weight is 426 g/mol. The maximum atomic E-state index is 11.6. The van der Waals surface area contributed by atoms with Crippen molar-refractivity contribution in [2.75, 3.05) is 0 Å². The normalized spacial score (nSPS) is 11.1. The number of hydrogen-bond donors (Lipinski definition) is 2. The molecule has 0 fully saturated rings. The summed E-state index contributed by atoms with van der Waals surface area (Å²) in [6, 6.07) is 22.6. The first kappa shape index (κ1) is 18.8. The van der Waals surface area contributed by atoms with E-state index in [-0.39, 0.29) is 28.2 Å². The van der Waals surface area contributed by atoms with Crippen LogP contribution in [-0.2, 0) is 10.9 Å². The number of carbonyl (C=O) groups is 1. The number of hydrogen-bond acceptors (Lipinski definition) is 5. The van der Waals surface area contributed by atoms with Gasteiger partial charge in [0.1, 0.15) is 22.4 Å². The summed E-state index contributed by atoms with van der Waals surface area (Å²) in [6.07, 6.45) is 0. The molecule has 4 rings (SSSR count). The van der Waals surface area contributed by atoms with Crippen molar-refractivity contribution in [1.29, 1.82) is 0 Å². The SMILES string of the molecule is CC(=O)c1ccc(-c2ccc([S+](c3ccc(O)cc3)c3ccc(O)cc3)s2)s1. The van der Waals surface area contributed by atoms with Crippen molar-refractivity contribution in [2.45, 2.75) is 20.9 Å². The van der Waals surface area contributed by atoms with Gasteiger partial charge < -0.3 is 10.2 Å². The van der Waals surface area contributed by atoms with Gasteiger partial charge in [-0.05, 0) is 73.7 Å². The van der Waals surface area contributed by atoms with Gasteiger partial charge in [0.2, 0.25) is 4.21 Å². The highest BCUT2D eigenvalue weighted by atomic mass is 32.2. The van der Waals surface area contributed by atoms with Crippen LogP contribution in [0.25, 0.3) is 9.75 Å². The summed E-state index contributed by atoms with van der Waals surface area (Å²) in [5.74, 6) is 0.557. The van der Waals surface area contributed by atoms with Crippen molar-refractivity contribution in [3.63, 3.8) is 0 Å². The molecule has 2 aromatic heterocycles. The molecule has 0 atom stereocenters. The Morgan fingerprint density at radius 3 is 1.71 bits per heavy atom. The predicted molar refractivity (Wildman–Crippen MR) is 116 cm³/mol. The minimum absolute atomic E-state index is 0.0842. The van der Waals surface area contributed by atoms with Crippen molar-refractivity contribution < 1.29 is 15.0 Å². The first-order valence-electron chi connectivity index (χ1n) is 8.54. The molecule has 28 heavy (non-hydrogen) atoms. The number of thiophene rings is 2. The number of ketones is 1. The zero-order valence-electron chi connectivity index (χ0n) is 15.0. The van der Waals surface area contributed by atoms with E-state index in [0.717, 1.165) is 24.4 Å². The van der Waals surface area contributed by atoms with Crippen LogP contribution < -0.4 is 0 Å². The quantitative estimate of drug-likeness (QED) is 0.296. The molecule has 0 radical (unpaired) electrons. The van der Waals surface area contributed by atoms with Gasteiger partial charge in [0, 0.05) is 15.8 Å². The van der Waals surface area contributed by atoms with Crippen molar-refractivity contribution >= 4 is 39.4 Å². The molecular formula is C22H17O3S3+. The lowest BCUT2D eigenvalue weighted by Crippen LogP contribution is -2.02. The van der Waals surface area contributed by atoms with E-state index in [9.17, 15) is 15.0 Å². The zero-order chi connectivity index (χ0) is 19.7.